The van der Waals surface area contributed by atoms with Crippen molar-refractivity contribution >= 4 is 5.91 Å². The maximum atomic E-state index is 12.0. The molecule has 2 aromatic rings. The number of aromatic nitrogens is 2. The lowest BCUT2D eigenvalue weighted by Gasteiger charge is -2.08. The van der Waals surface area contributed by atoms with Gasteiger partial charge in [-0.1, -0.05) is 6.07 Å². The molecular formula is C14H17N3O2. The maximum Gasteiger partial charge on any atom is 0.251 e. The van der Waals surface area contributed by atoms with Crippen LogP contribution in [0.15, 0.2) is 30.7 Å². The molecule has 0 unspecified atom stereocenters. The SMILES string of the molecule is COc1cc(C(=O)NCCc2c[nH]cn2)ccc1C. The molecule has 2 N–H and O–H groups in total. The summed E-state index contributed by atoms with van der Waals surface area (Å²) in [6.07, 6.45) is 4.15. The summed E-state index contributed by atoms with van der Waals surface area (Å²) in [5.74, 6) is 0.619. The van der Waals surface area contributed by atoms with Crippen molar-refractivity contribution in [2.24, 2.45) is 0 Å². The summed E-state index contributed by atoms with van der Waals surface area (Å²) in [6, 6.07) is 5.42. The molecule has 0 aliphatic rings. The number of nitrogens with zero attached hydrogens (tertiary/aromatic N) is 1. The van der Waals surface area contributed by atoms with E-state index in [2.05, 4.69) is 15.3 Å². The molecule has 0 saturated carbocycles. The predicted molar refractivity (Wildman–Crippen MR) is 72.4 cm³/mol. The lowest BCUT2D eigenvalue weighted by atomic mass is 10.1. The zero-order chi connectivity index (χ0) is 13.7. The molecule has 5 heteroatoms. The molecule has 0 atom stereocenters. The molecule has 100 valence electrons. The first-order chi connectivity index (χ1) is 9.20. The van der Waals surface area contributed by atoms with E-state index in [0.717, 1.165) is 17.0 Å². The number of benzene rings is 1. The van der Waals surface area contributed by atoms with E-state index in [0.29, 0.717) is 18.5 Å². The molecule has 1 aromatic heterocycles. The van der Waals surface area contributed by atoms with Crippen LogP contribution in [0.25, 0.3) is 0 Å². The van der Waals surface area contributed by atoms with Gasteiger partial charge in [-0.05, 0) is 24.6 Å². The van der Waals surface area contributed by atoms with E-state index in [4.69, 9.17) is 4.74 Å². The van der Waals surface area contributed by atoms with Crippen LogP contribution < -0.4 is 10.1 Å². The highest BCUT2D eigenvalue weighted by molar-refractivity contribution is 5.94. The average Bonchev–Trinajstić information content (AvgIpc) is 2.92. The molecular weight excluding hydrogens is 242 g/mol. The number of imidazole rings is 1. The number of hydrogen-bond donors (Lipinski definition) is 2. The van der Waals surface area contributed by atoms with Gasteiger partial charge in [0, 0.05) is 24.7 Å². The first-order valence-electron chi connectivity index (χ1n) is 6.11. The number of carbonyl (C=O) groups excluding carboxylic acids is 1. The Labute approximate surface area is 112 Å². The molecule has 0 radical (unpaired) electrons. The van der Waals surface area contributed by atoms with Gasteiger partial charge in [0.15, 0.2) is 0 Å². The van der Waals surface area contributed by atoms with Crippen molar-refractivity contribution in [3.63, 3.8) is 0 Å². The van der Waals surface area contributed by atoms with Crippen molar-refractivity contribution in [1.82, 2.24) is 15.3 Å². The summed E-state index contributed by atoms with van der Waals surface area (Å²) in [5, 5.41) is 2.86. The van der Waals surface area contributed by atoms with Crippen LogP contribution in [0, 0.1) is 6.92 Å². The monoisotopic (exact) mass is 259 g/mol. The molecule has 1 amide bonds. The molecule has 19 heavy (non-hydrogen) atoms. The van der Waals surface area contributed by atoms with Gasteiger partial charge >= 0.3 is 0 Å². The highest BCUT2D eigenvalue weighted by Gasteiger charge is 2.08. The summed E-state index contributed by atoms with van der Waals surface area (Å²) >= 11 is 0. The van der Waals surface area contributed by atoms with Gasteiger partial charge in [0.05, 0.1) is 19.1 Å². The highest BCUT2D eigenvalue weighted by Crippen LogP contribution is 2.18. The van der Waals surface area contributed by atoms with Gasteiger partial charge in [-0.25, -0.2) is 4.98 Å². The minimum absolute atomic E-state index is 0.103. The number of carbonyl (C=O) groups is 1. The summed E-state index contributed by atoms with van der Waals surface area (Å²) in [5.41, 5.74) is 2.54. The number of aromatic amines is 1. The van der Waals surface area contributed by atoms with Gasteiger partial charge in [-0.15, -0.1) is 0 Å². The second-order valence-electron chi connectivity index (χ2n) is 4.25. The van der Waals surface area contributed by atoms with Crippen LogP contribution >= 0.6 is 0 Å². The predicted octanol–water partition coefficient (Wildman–Crippen LogP) is 1.70. The molecule has 0 aliphatic carbocycles. The Kier molecular flexibility index (Phi) is 4.18. The minimum Gasteiger partial charge on any atom is -0.496 e. The van der Waals surface area contributed by atoms with Gasteiger partial charge in [0.2, 0.25) is 0 Å². The molecule has 0 spiro atoms. The Morgan fingerprint density at radius 3 is 3.00 bits per heavy atom. The van der Waals surface area contributed by atoms with Crippen molar-refractivity contribution in [2.45, 2.75) is 13.3 Å². The molecule has 1 aromatic carbocycles. The van der Waals surface area contributed by atoms with E-state index < -0.39 is 0 Å². The Balaban J connectivity index is 1.92. The maximum absolute atomic E-state index is 12.0. The van der Waals surface area contributed by atoms with E-state index in [-0.39, 0.29) is 5.91 Å². The second-order valence-corrected chi connectivity index (χ2v) is 4.25. The van der Waals surface area contributed by atoms with E-state index in [1.54, 1.807) is 25.6 Å². The average molecular weight is 259 g/mol. The Morgan fingerprint density at radius 1 is 1.47 bits per heavy atom. The Morgan fingerprint density at radius 2 is 2.32 bits per heavy atom. The normalized spacial score (nSPS) is 10.2. The standard InChI is InChI=1S/C14H17N3O2/c1-10-3-4-11(7-13(10)19-2)14(18)16-6-5-12-8-15-9-17-12/h3-4,7-9H,5-6H2,1-2H3,(H,15,17)(H,16,18). The first kappa shape index (κ1) is 13.1. The first-order valence-corrected chi connectivity index (χ1v) is 6.11. The largest absolute Gasteiger partial charge is 0.496 e. The van der Waals surface area contributed by atoms with Gasteiger partial charge in [0.25, 0.3) is 5.91 Å². The van der Waals surface area contributed by atoms with Crippen molar-refractivity contribution in [1.29, 1.82) is 0 Å². The molecule has 1 heterocycles. The summed E-state index contributed by atoms with van der Waals surface area (Å²) in [6.45, 7) is 2.50. The lowest BCUT2D eigenvalue weighted by molar-refractivity contribution is 0.0953. The van der Waals surface area contributed by atoms with Crippen LogP contribution in [0.1, 0.15) is 21.6 Å². The van der Waals surface area contributed by atoms with Crippen LogP contribution in [-0.4, -0.2) is 29.5 Å². The third-order valence-electron chi connectivity index (χ3n) is 2.89. The number of ether oxygens (including phenoxy) is 1. The summed E-state index contributed by atoms with van der Waals surface area (Å²) in [4.78, 5) is 18.9. The zero-order valence-corrected chi connectivity index (χ0v) is 11.1. The number of aryl methyl sites for hydroxylation is 1. The van der Waals surface area contributed by atoms with Crippen molar-refractivity contribution in [2.75, 3.05) is 13.7 Å². The number of methoxy groups -OCH3 is 1. The second kappa shape index (κ2) is 6.04. The quantitative estimate of drug-likeness (QED) is 0.858. The number of H-pyrrole nitrogens is 1. The number of hydrogen-bond acceptors (Lipinski definition) is 3. The molecule has 0 fully saturated rings. The van der Waals surface area contributed by atoms with E-state index in [1.165, 1.54) is 0 Å². The molecule has 0 bridgehead atoms. The third-order valence-corrected chi connectivity index (χ3v) is 2.89. The van der Waals surface area contributed by atoms with Crippen LogP contribution in [0.5, 0.6) is 5.75 Å². The summed E-state index contributed by atoms with van der Waals surface area (Å²) in [7, 11) is 1.60. The van der Waals surface area contributed by atoms with Crippen LogP contribution in [-0.2, 0) is 6.42 Å². The fourth-order valence-electron chi connectivity index (χ4n) is 1.80. The van der Waals surface area contributed by atoms with E-state index in [9.17, 15) is 4.79 Å². The lowest BCUT2D eigenvalue weighted by Crippen LogP contribution is -2.25. The highest BCUT2D eigenvalue weighted by atomic mass is 16.5. The van der Waals surface area contributed by atoms with Crippen molar-refractivity contribution < 1.29 is 9.53 Å². The fraction of sp³-hybridized carbons (Fsp3) is 0.286. The Hall–Kier alpha value is -2.30. The van der Waals surface area contributed by atoms with Crippen LogP contribution in [0.4, 0.5) is 0 Å². The van der Waals surface area contributed by atoms with Crippen LogP contribution in [0.3, 0.4) is 0 Å². The van der Waals surface area contributed by atoms with Gasteiger partial charge < -0.3 is 15.0 Å². The fourth-order valence-corrected chi connectivity index (χ4v) is 1.80. The number of nitrogens with one attached hydrogen (secondary N) is 2. The molecule has 0 saturated heterocycles. The van der Waals surface area contributed by atoms with Crippen LogP contribution in [0.2, 0.25) is 0 Å². The summed E-state index contributed by atoms with van der Waals surface area (Å²) < 4.78 is 5.21. The van der Waals surface area contributed by atoms with Crippen molar-refractivity contribution in [3.05, 3.63) is 47.5 Å². The Bertz CT molecular complexity index is 550. The van der Waals surface area contributed by atoms with Crippen molar-refractivity contribution in [3.8, 4) is 5.75 Å². The van der Waals surface area contributed by atoms with Gasteiger partial charge in [0.1, 0.15) is 5.75 Å². The third kappa shape index (κ3) is 3.34. The topological polar surface area (TPSA) is 67.0 Å². The molecule has 5 nitrogen and oxygen atoms in total. The number of rotatable bonds is 5. The van der Waals surface area contributed by atoms with E-state index >= 15 is 0 Å². The van der Waals surface area contributed by atoms with Gasteiger partial charge in [-0.2, -0.15) is 0 Å². The minimum atomic E-state index is -0.103. The van der Waals surface area contributed by atoms with E-state index in [1.807, 2.05) is 19.2 Å². The molecule has 2 rings (SSSR count). The zero-order valence-electron chi connectivity index (χ0n) is 11.1. The molecule has 0 aliphatic heterocycles. The smallest absolute Gasteiger partial charge is 0.251 e. The number of amides is 1. The van der Waals surface area contributed by atoms with Gasteiger partial charge in [-0.3, -0.25) is 4.79 Å².